The highest BCUT2D eigenvalue weighted by molar-refractivity contribution is 4.90. The Hall–Kier alpha value is -0.0400. The standard InChI is InChI=1S/C19H37N/c1-4-14-20-19(17-12-10-15(3)11-13-17)18-9-7-6-8-16(18)5-2/h15-20H,4-14H2,1-3H3. The van der Waals surface area contributed by atoms with Crippen molar-refractivity contribution >= 4 is 0 Å². The molecule has 0 radical (unpaired) electrons. The van der Waals surface area contributed by atoms with Gasteiger partial charge in [-0.2, -0.15) is 0 Å². The van der Waals surface area contributed by atoms with Gasteiger partial charge in [0.05, 0.1) is 0 Å². The lowest BCUT2D eigenvalue weighted by Gasteiger charge is -2.43. The van der Waals surface area contributed by atoms with Gasteiger partial charge in [-0.15, -0.1) is 0 Å². The van der Waals surface area contributed by atoms with Gasteiger partial charge in [-0.25, -0.2) is 0 Å². The van der Waals surface area contributed by atoms with Crippen molar-refractivity contribution in [2.24, 2.45) is 23.7 Å². The van der Waals surface area contributed by atoms with Crippen LogP contribution in [0.3, 0.4) is 0 Å². The second-order valence-corrected chi connectivity index (χ2v) is 7.62. The first kappa shape index (κ1) is 16.3. The molecule has 0 amide bonds. The van der Waals surface area contributed by atoms with E-state index >= 15 is 0 Å². The molecule has 3 atom stereocenters. The third-order valence-corrected chi connectivity index (χ3v) is 6.15. The molecule has 2 aliphatic rings. The van der Waals surface area contributed by atoms with Gasteiger partial charge in [0.15, 0.2) is 0 Å². The van der Waals surface area contributed by atoms with E-state index in [2.05, 4.69) is 26.1 Å². The Labute approximate surface area is 127 Å². The van der Waals surface area contributed by atoms with Crippen LogP contribution in [0.2, 0.25) is 0 Å². The summed E-state index contributed by atoms with van der Waals surface area (Å²) in [6.45, 7) is 8.40. The molecule has 0 bridgehead atoms. The summed E-state index contributed by atoms with van der Waals surface area (Å²) in [6, 6.07) is 0.827. The van der Waals surface area contributed by atoms with Gasteiger partial charge in [0.1, 0.15) is 0 Å². The molecular formula is C19H37N. The van der Waals surface area contributed by atoms with Gasteiger partial charge < -0.3 is 5.32 Å². The van der Waals surface area contributed by atoms with E-state index in [4.69, 9.17) is 0 Å². The van der Waals surface area contributed by atoms with Gasteiger partial charge in [0, 0.05) is 6.04 Å². The maximum Gasteiger partial charge on any atom is 0.0126 e. The lowest BCUT2D eigenvalue weighted by Crippen LogP contribution is -2.47. The molecule has 0 heterocycles. The van der Waals surface area contributed by atoms with Crippen molar-refractivity contribution in [3.05, 3.63) is 0 Å². The molecule has 20 heavy (non-hydrogen) atoms. The minimum atomic E-state index is 0.827. The highest BCUT2D eigenvalue weighted by atomic mass is 14.9. The fourth-order valence-corrected chi connectivity index (χ4v) is 4.84. The minimum absolute atomic E-state index is 0.827. The number of nitrogens with one attached hydrogen (secondary N) is 1. The molecule has 2 aliphatic carbocycles. The van der Waals surface area contributed by atoms with Crippen LogP contribution in [0.15, 0.2) is 0 Å². The molecule has 0 spiro atoms. The van der Waals surface area contributed by atoms with Crippen LogP contribution in [0.25, 0.3) is 0 Å². The first-order chi connectivity index (χ1) is 9.76. The van der Waals surface area contributed by atoms with E-state index in [-0.39, 0.29) is 0 Å². The highest BCUT2D eigenvalue weighted by Gasteiger charge is 2.36. The van der Waals surface area contributed by atoms with Crippen molar-refractivity contribution in [1.82, 2.24) is 5.32 Å². The maximum absolute atomic E-state index is 3.99. The first-order valence-corrected chi connectivity index (χ1v) is 9.49. The Morgan fingerprint density at radius 3 is 2.30 bits per heavy atom. The van der Waals surface area contributed by atoms with Crippen LogP contribution in [-0.4, -0.2) is 12.6 Å². The van der Waals surface area contributed by atoms with Crippen molar-refractivity contribution in [3.8, 4) is 0 Å². The van der Waals surface area contributed by atoms with Gasteiger partial charge in [-0.3, -0.25) is 0 Å². The SMILES string of the molecule is CCCNC(C1CCC(C)CC1)C1CCCCC1CC. The van der Waals surface area contributed by atoms with E-state index in [9.17, 15) is 0 Å². The Balaban J connectivity index is 2.01. The minimum Gasteiger partial charge on any atom is -0.313 e. The second kappa shape index (κ2) is 8.41. The molecule has 118 valence electrons. The van der Waals surface area contributed by atoms with E-state index in [0.29, 0.717) is 0 Å². The van der Waals surface area contributed by atoms with Gasteiger partial charge in [0.25, 0.3) is 0 Å². The third kappa shape index (κ3) is 4.23. The summed E-state index contributed by atoms with van der Waals surface area (Å²) in [7, 11) is 0. The molecule has 1 nitrogen and oxygen atoms in total. The van der Waals surface area contributed by atoms with E-state index in [1.165, 1.54) is 70.8 Å². The summed E-state index contributed by atoms with van der Waals surface area (Å²) < 4.78 is 0. The Kier molecular flexibility index (Phi) is 6.87. The Morgan fingerprint density at radius 2 is 1.65 bits per heavy atom. The lowest BCUT2D eigenvalue weighted by molar-refractivity contribution is 0.110. The maximum atomic E-state index is 3.99. The van der Waals surface area contributed by atoms with Crippen molar-refractivity contribution in [2.75, 3.05) is 6.54 Å². The van der Waals surface area contributed by atoms with Gasteiger partial charge in [-0.1, -0.05) is 59.3 Å². The summed E-state index contributed by atoms with van der Waals surface area (Å²) in [5.41, 5.74) is 0. The van der Waals surface area contributed by atoms with Crippen LogP contribution >= 0.6 is 0 Å². The van der Waals surface area contributed by atoms with E-state index < -0.39 is 0 Å². The summed E-state index contributed by atoms with van der Waals surface area (Å²) in [5.74, 6) is 3.91. The molecule has 0 aromatic rings. The van der Waals surface area contributed by atoms with E-state index in [1.54, 1.807) is 0 Å². The number of rotatable bonds is 6. The Bertz CT molecular complexity index is 254. The molecular weight excluding hydrogens is 242 g/mol. The number of hydrogen-bond acceptors (Lipinski definition) is 1. The van der Waals surface area contributed by atoms with Gasteiger partial charge in [0.2, 0.25) is 0 Å². The van der Waals surface area contributed by atoms with E-state index in [1.807, 2.05) is 0 Å². The molecule has 2 saturated carbocycles. The number of hydrogen-bond donors (Lipinski definition) is 1. The molecule has 2 rings (SSSR count). The molecule has 1 N–H and O–H groups in total. The highest BCUT2D eigenvalue weighted by Crippen LogP contribution is 2.40. The summed E-state index contributed by atoms with van der Waals surface area (Å²) >= 11 is 0. The topological polar surface area (TPSA) is 12.0 Å². The molecule has 2 fully saturated rings. The van der Waals surface area contributed by atoms with Crippen LogP contribution in [0, 0.1) is 23.7 Å². The van der Waals surface area contributed by atoms with E-state index in [0.717, 1.165) is 29.7 Å². The van der Waals surface area contributed by atoms with Crippen LogP contribution in [-0.2, 0) is 0 Å². The average Bonchev–Trinajstić information content (AvgIpc) is 2.50. The Morgan fingerprint density at radius 1 is 0.950 bits per heavy atom. The first-order valence-electron chi connectivity index (χ1n) is 9.49. The zero-order valence-corrected chi connectivity index (χ0v) is 14.2. The summed E-state index contributed by atoms with van der Waals surface area (Å²) in [6.07, 6.45) is 14.5. The van der Waals surface area contributed by atoms with Gasteiger partial charge in [-0.05, 0) is 55.9 Å². The predicted molar refractivity (Wildman–Crippen MR) is 88.9 cm³/mol. The van der Waals surface area contributed by atoms with Crippen LogP contribution in [0.5, 0.6) is 0 Å². The molecule has 0 saturated heterocycles. The molecule has 1 heteroatoms. The van der Waals surface area contributed by atoms with Crippen LogP contribution in [0.4, 0.5) is 0 Å². The summed E-state index contributed by atoms with van der Waals surface area (Å²) in [5, 5.41) is 3.99. The van der Waals surface area contributed by atoms with Gasteiger partial charge >= 0.3 is 0 Å². The quantitative estimate of drug-likeness (QED) is 0.686. The van der Waals surface area contributed by atoms with Crippen molar-refractivity contribution in [1.29, 1.82) is 0 Å². The molecule has 0 aromatic heterocycles. The predicted octanol–water partition coefficient (Wildman–Crippen LogP) is 5.40. The fraction of sp³-hybridized carbons (Fsp3) is 1.00. The second-order valence-electron chi connectivity index (χ2n) is 7.62. The average molecular weight is 280 g/mol. The normalized spacial score (nSPS) is 36.8. The third-order valence-electron chi connectivity index (χ3n) is 6.15. The fourth-order valence-electron chi connectivity index (χ4n) is 4.84. The van der Waals surface area contributed by atoms with Crippen molar-refractivity contribution in [3.63, 3.8) is 0 Å². The largest absolute Gasteiger partial charge is 0.313 e. The molecule has 0 aliphatic heterocycles. The molecule has 0 aromatic carbocycles. The van der Waals surface area contributed by atoms with Crippen molar-refractivity contribution in [2.45, 2.75) is 91.0 Å². The lowest BCUT2D eigenvalue weighted by atomic mass is 9.67. The van der Waals surface area contributed by atoms with Crippen molar-refractivity contribution < 1.29 is 0 Å². The van der Waals surface area contributed by atoms with Crippen LogP contribution in [0.1, 0.15) is 85.0 Å². The van der Waals surface area contributed by atoms with Crippen LogP contribution < -0.4 is 5.32 Å². The smallest absolute Gasteiger partial charge is 0.0126 e. The monoisotopic (exact) mass is 279 g/mol. The zero-order chi connectivity index (χ0) is 14.4. The molecule has 3 unspecified atom stereocenters. The zero-order valence-electron chi connectivity index (χ0n) is 14.2. The summed E-state index contributed by atoms with van der Waals surface area (Å²) in [4.78, 5) is 0.